The highest BCUT2D eigenvalue weighted by Gasteiger charge is 2.39. The minimum absolute atomic E-state index is 0.0583. The lowest BCUT2D eigenvalue weighted by molar-refractivity contribution is -0.123. The van der Waals surface area contributed by atoms with Gasteiger partial charge in [0.2, 0.25) is 0 Å². The Morgan fingerprint density at radius 2 is 1.88 bits per heavy atom. The third-order valence-electron chi connectivity index (χ3n) is 6.54. The Kier molecular flexibility index (Phi) is 7.95. The van der Waals surface area contributed by atoms with Crippen LogP contribution in [0.25, 0.3) is 0 Å². The Morgan fingerprint density at radius 1 is 1.18 bits per heavy atom. The normalized spacial score (nSPS) is 21.7. The van der Waals surface area contributed by atoms with Gasteiger partial charge in [-0.2, -0.15) is 0 Å². The summed E-state index contributed by atoms with van der Waals surface area (Å²) < 4.78 is 20.6. The zero-order chi connectivity index (χ0) is 24.2. The summed E-state index contributed by atoms with van der Waals surface area (Å²) in [6, 6.07) is 10.0. The number of H-pyrrole nitrogens is 1. The zero-order valence-corrected chi connectivity index (χ0v) is 21.5. The molecule has 3 rings (SSSR count). The maximum absolute atomic E-state index is 12.5. The monoisotopic (exact) mass is 472 g/mol. The second-order valence-electron chi connectivity index (χ2n) is 10.1. The quantitative estimate of drug-likeness (QED) is 0.480. The van der Waals surface area contributed by atoms with E-state index in [1.54, 1.807) is 6.92 Å². The lowest BCUT2D eigenvalue weighted by Crippen LogP contribution is -2.46. The Morgan fingerprint density at radius 3 is 2.55 bits per heavy atom. The van der Waals surface area contributed by atoms with E-state index in [-0.39, 0.29) is 17.2 Å². The molecule has 0 aliphatic carbocycles. The molecule has 33 heavy (non-hydrogen) atoms. The van der Waals surface area contributed by atoms with Gasteiger partial charge in [-0.05, 0) is 43.1 Å². The minimum atomic E-state index is -2.02. The molecule has 7 nitrogen and oxygen atoms in total. The molecule has 3 atom stereocenters. The first kappa shape index (κ1) is 25.4. The summed E-state index contributed by atoms with van der Waals surface area (Å²) in [5.74, 6) is 0. The van der Waals surface area contributed by atoms with E-state index in [0.717, 1.165) is 5.56 Å². The van der Waals surface area contributed by atoms with Crippen LogP contribution >= 0.6 is 0 Å². The van der Waals surface area contributed by atoms with Gasteiger partial charge in [-0.3, -0.25) is 14.3 Å². The molecule has 2 aromatic rings. The van der Waals surface area contributed by atoms with Crippen molar-refractivity contribution in [2.24, 2.45) is 0 Å². The number of aryl methyl sites for hydroxylation is 1. The molecular formula is C25H36N2O5Si. The first-order valence-electron chi connectivity index (χ1n) is 11.4. The molecule has 1 N–H and O–H groups in total. The average Bonchev–Trinajstić information content (AvgIpc) is 2.95. The highest BCUT2D eigenvalue weighted by Crippen LogP contribution is 2.37. The summed E-state index contributed by atoms with van der Waals surface area (Å²) in [6.45, 7) is 13.5. The molecule has 0 amide bonds. The van der Waals surface area contributed by atoms with Crippen molar-refractivity contribution in [2.75, 3.05) is 6.61 Å². The van der Waals surface area contributed by atoms with Crippen LogP contribution in [0, 0.1) is 6.92 Å². The van der Waals surface area contributed by atoms with Crippen molar-refractivity contribution < 1.29 is 13.9 Å². The minimum Gasteiger partial charge on any atom is -0.414 e. The van der Waals surface area contributed by atoms with Crippen LogP contribution in [-0.4, -0.2) is 36.7 Å². The molecule has 0 unspecified atom stereocenters. The van der Waals surface area contributed by atoms with Crippen LogP contribution in [0.5, 0.6) is 0 Å². The standard InChI is InChI=1S/C25H36N2O5Si/c1-18-15-27(24(29)26-23(18)28)22-14-10-13-20(30-16-19-11-8-7-9-12-19)21(32-22)17-31-33(5,6)25(2,3)4/h7-12,14-15,20-22H,13,16-17H2,1-6H3,(H,26,28,29)/t20-,21+,22+/m0/s1. The van der Waals surface area contributed by atoms with E-state index in [9.17, 15) is 9.59 Å². The van der Waals surface area contributed by atoms with Crippen LogP contribution in [-0.2, 0) is 20.5 Å². The summed E-state index contributed by atoms with van der Waals surface area (Å²) in [7, 11) is -2.02. The van der Waals surface area contributed by atoms with E-state index in [1.807, 2.05) is 42.5 Å². The van der Waals surface area contributed by atoms with Gasteiger partial charge in [-0.1, -0.05) is 57.2 Å². The molecule has 1 aromatic heterocycles. The number of nitrogens with one attached hydrogen (secondary N) is 1. The van der Waals surface area contributed by atoms with Crippen LogP contribution in [0.3, 0.4) is 0 Å². The van der Waals surface area contributed by atoms with Gasteiger partial charge in [0.1, 0.15) is 6.10 Å². The number of hydrogen-bond acceptors (Lipinski definition) is 5. The summed E-state index contributed by atoms with van der Waals surface area (Å²) >= 11 is 0. The smallest absolute Gasteiger partial charge is 0.330 e. The fourth-order valence-corrected chi connectivity index (χ4v) is 4.35. The Bertz CT molecular complexity index is 1070. The van der Waals surface area contributed by atoms with Crippen molar-refractivity contribution in [3.63, 3.8) is 0 Å². The summed E-state index contributed by atoms with van der Waals surface area (Å²) in [4.78, 5) is 26.7. The van der Waals surface area contributed by atoms with Crippen molar-refractivity contribution in [3.05, 3.63) is 80.6 Å². The number of ether oxygens (including phenoxy) is 2. The zero-order valence-electron chi connectivity index (χ0n) is 20.5. The largest absolute Gasteiger partial charge is 0.414 e. The van der Waals surface area contributed by atoms with Gasteiger partial charge in [0, 0.05) is 11.8 Å². The van der Waals surface area contributed by atoms with E-state index in [0.29, 0.717) is 25.2 Å². The van der Waals surface area contributed by atoms with Crippen LogP contribution in [0.1, 0.15) is 44.5 Å². The molecule has 0 saturated heterocycles. The molecule has 1 aliphatic rings. The molecule has 0 fully saturated rings. The summed E-state index contributed by atoms with van der Waals surface area (Å²) in [5, 5.41) is 0.0583. The molecule has 2 heterocycles. The van der Waals surface area contributed by atoms with Crippen LogP contribution in [0.15, 0.2) is 58.3 Å². The molecule has 0 spiro atoms. The number of aromatic nitrogens is 2. The van der Waals surface area contributed by atoms with Gasteiger partial charge >= 0.3 is 5.69 Å². The molecule has 1 aliphatic heterocycles. The highest BCUT2D eigenvalue weighted by atomic mass is 28.4. The Balaban J connectivity index is 1.84. The first-order chi connectivity index (χ1) is 15.5. The fourth-order valence-electron chi connectivity index (χ4n) is 3.33. The molecule has 0 saturated carbocycles. The third-order valence-corrected chi connectivity index (χ3v) is 11.0. The fraction of sp³-hybridized carbons (Fsp3) is 0.520. The van der Waals surface area contributed by atoms with E-state index in [4.69, 9.17) is 13.9 Å². The Hall–Kier alpha value is -2.26. The van der Waals surface area contributed by atoms with Crippen LogP contribution in [0.4, 0.5) is 0 Å². The average molecular weight is 473 g/mol. The lowest BCUT2D eigenvalue weighted by atomic mass is 10.1. The number of nitrogens with zero attached hydrogens (tertiary/aromatic N) is 1. The van der Waals surface area contributed by atoms with Crippen LogP contribution in [0.2, 0.25) is 18.1 Å². The molecule has 0 bridgehead atoms. The van der Waals surface area contributed by atoms with Gasteiger partial charge in [-0.15, -0.1) is 0 Å². The second kappa shape index (κ2) is 10.3. The molecule has 8 heteroatoms. The number of rotatable bonds is 7. The summed E-state index contributed by atoms with van der Waals surface area (Å²) in [6.07, 6.45) is 4.69. The molecule has 0 radical (unpaired) electrons. The van der Waals surface area contributed by atoms with Crippen molar-refractivity contribution in [1.29, 1.82) is 0 Å². The number of hydrogen-bond donors (Lipinski definition) is 1. The van der Waals surface area contributed by atoms with Gasteiger partial charge in [-0.25, -0.2) is 4.79 Å². The van der Waals surface area contributed by atoms with Gasteiger partial charge < -0.3 is 13.9 Å². The van der Waals surface area contributed by atoms with Crippen molar-refractivity contribution in [1.82, 2.24) is 9.55 Å². The molecular weight excluding hydrogens is 436 g/mol. The SMILES string of the molecule is Cc1cn([C@H]2C=CC[C@H](OCc3ccccc3)[C@@H](CO[Si](C)(C)C(C)(C)C)O2)c(=O)[nH]c1=O. The third kappa shape index (κ3) is 6.41. The van der Waals surface area contributed by atoms with Crippen LogP contribution < -0.4 is 11.2 Å². The van der Waals surface area contributed by atoms with E-state index in [1.165, 1.54) is 10.8 Å². The summed E-state index contributed by atoms with van der Waals surface area (Å²) in [5.41, 5.74) is 0.629. The highest BCUT2D eigenvalue weighted by molar-refractivity contribution is 6.74. The Labute approximate surface area is 196 Å². The molecule has 180 valence electrons. The first-order valence-corrected chi connectivity index (χ1v) is 14.3. The van der Waals surface area contributed by atoms with E-state index >= 15 is 0 Å². The van der Waals surface area contributed by atoms with Crippen molar-refractivity contribution in [3.8, 4) is 0 Å². The maximum atomic E-state index is 12.5. The van der Waals surface area contributed by atoms with Crippen molar-refractivity contribution in [2.45, 2.75) is 77.3 Å². The molecule has 1 aromatic carbocycles. The van der Waals surface area contributed by atoms with E-state index in [2.05, 4.69) is 38.8 Å². The number of aromatic amines is 1. The van der Waals surface area contributed by atoms with Crippen molar-refractivity contribution >= 4 is 8.32 Å². The van der Waals surface area contributed by atoms with Gasteiger partial charge in [0.25, 0.3) is 5.56 Å². The maximum Gasteiger partial charge on any atom is 0.330 e. The van der Waals surface area contributed by atoms with Gasteiger partial charge in [0.15, 0.2) is 14.5 Å². The predicted octanol–water partition coefficient (Wildman–Crippen LogP) is 4.30. The lowest BCUT2D eigenvalue weighted by Gasteiger charge is -2.38. The van der Waals surface area contributed by atoms with E-state index < -0.39 is 25.8 Å². The number of benzene rings is 1. The van der Waals surface area contributed by atoms with Gasteiger partial charge in [0.05, 0.1) is 19.3 Å². The topological polar surface area (TPSA) is 82.6 Å². The second-order valence-corrected chi connectivity index (χ2v) is 14.9. The predicted molar refractivity (Wildman–Crippen MR) is 132 cm³/mol.